The number of carbonyl (C=O) groups excluding carboxylic acids is 1. The molecule has 88 valence electrons. The number of para-hydroxylation sites is 1. The summed E-state index contributed by atoms with van der Waals surface area (Å²) < 4.78 is 26.5. The second-order valence-corrected chi connectivity index (χ2v) is 5.42. The van der Waals surface area contributed by atoms with E-state index in [1.807, 2.05) is 0 Å². The summed E-state index contributed by atoms with van der Waals surface area (Å²) >= 11 is 0. The summed E-state index contributed by atoms with van der Waals surface area (Å²) in [5, 5.41) is 2.68. The summed E-state index contributed by atoms with van der Waals surface area (Å²) in [6, 6.07) is 6.57. The average molecular weight is 243 g/mol. The predicted molar refractivity (Wildman–Crippen MR) is 61.1 cm³/mol. The van der Waals surface area contributed by atoms with Crippen LogP contribution < -0.4 is 5.32 Å². The first-order chi connectivity index (χ1) is 7.44. The third-order valence-electron chi connectivity index (χ3n) is 1.86. The Morgan fingerprint density at radius 3 is 2.56 bits per heavy atom. The molecule has 5 nitrogen and oxygen atoms in total. The van der Waals surface area contributed by atoms with Crippen LogP contribution >= 0.6 is 0 Å². The Labute approximate surface area is 94.3 Å². The molecule has 1 N–H and O–H groups in total. The highest BCUT2D eigenvalue weighted by molar-refractivity contribution is 7.90. The van der Waals surface area contributed by atoms with E-state index in [0.717, 1.165) is 6.26 Å². The molecule has 1 aromatic rings. The second kappa shape index (κ2) is 4.98. The first-order valence-electron chi connectivity index (χ1n) is 4.53. The Hall–Kier alpha value is -1.56. The first-order valence-corrected chi connectivity index (χ1v) is 6.59. The Morgan fingerprint density at radius 1 is 1.38 bits per heavy atom. The normalized spacial score (nSPS) is 10.9. The predicted octanol–water partition coefficient (Wildman–Crippen LogP) is 0.887. The maximum atomic E-state index is 11.3. The number of hydrogen-bond donors (Lipinski definition) is 1. The van der Waals surface area contributed by atoms with Crippen molar-refractivity contribution < 1.29 is 17.9 Å². The van der Waals surface area contributed by atoms with Crippen molar-refractivity contribution in [1.82, 2.24) is 0 Å². The number of carbonyl (C=O) groups is 1. The molecule has 0 atom stereocenters. The number of ether oxygens (including phenoxy) is 1. The summed E-state index contributed by atoms with van der Waals surface area (Å²) in [4.78, 5) is 11.3. The molecule has 0 radical (unpaired) electrons. The van der Waals surface area contributed by atoms with Crippen LogP contribution in [0.5, 0.6) is 0 Å². The maximum Gasteiger partial charge on any atom is 0.339 e. The van der Waals surface area contributed by atoms with Crippen molar-refractivity contribution in [2.75, 3.05) is 24.6 Å². The number of nitrogens with one attached hydrogen (secondary N) is 1. The molecule has 0 unspecified atom stereocenters. The lowest BCUT2D eigenvalue weighted by Gasteiger charge is -2.09. The van der Waals surface area contributed by atoms with E-state index < -0.39 is 15.8 Å². The van der Waals surface area contributed by atoms with Gasteiger partial charge in [-0.3, -0.25) is 0 Å². The molecule has 0 heterocycles. The standard InChI is InChI=1S/C10H13NO4S/c1-15-10(12)8-5-3-4-6-9(8)11-7-16(2,13)14/h3-6,11H,7H2,1-2H3. The number of hydrogen-bond acceptors (Lipinski definition) is 5. The maximum absolute atomic E-state index is 11.3. The Kier molecular flexibility index (Phi) is 3.89. The van der Waals surface area contributed by atoms with Crippen LogP contribution in [0.4, 0.5) is 5.69 Å². The fourth-order valence-corrected chi connectivity index (χ4v) is 1.55. The number of esters is 1. The molecular weight excluding hydrogens is 230 g/mol. The SMILES string of the molecule is COC(=O)c1ccccc1NCS(C)(=O)=O. The summed E-state index contributed by atoms with van der Waals surface area (Å²) in [5.41, 5.74) is 0.758. The van der Waals surface area contributed by atoms with Gasteiger partial charge in [0.15, 0.2) is 9.84 Å². The topological polar surface area (TPSA) is 72.5 Å². The van der Waals surface area contributed by atoms with Gasteiger partial charge in [0.2, 0.25) is 0 Å². The van der Waals surface area contributed by atoms with E-state index in [-0.39, 0.29) is 5.88 Å². The van der Waals surface area contributed by atoms with Crippen LogP contribution in [0.3, 0.4) is 0 Å². The van der Waals surface area contributed by atoms with Crippen LogP contribution in [0.15, 0.2) is 24.3 Å². The van der Waals surface area contributed by atoms with Gasteiger partial charge in [-0.05, 0) is 12.1 Å². The number of benzene rings is 1. The Bertz CT molecular complexity index is 481. The molecule has 0 aliphatic rings. The third kappa shape index (κ3) is 3.54. The molecule has 0 spiro atoms. The van der Waals surface area contributed by atoms with E-state index in [1.165, 1.54) is 7.11 Å². The van der Waals surface area contributed by atoms with Crippen molar-refractivity contribution in [3.63, 3.8) is 0 Å². The first kappa shape index (κ1) is 12.5. The van der Waals surface area contributed by atoms with Crippen LogP contribution in [-0.4, -0.2) is 33.6 Å². The number of methoxy groups -OCH3 is 1. The van der Waals surface area contributed by atoms with E-state index in [9.17, 15) is 13.2 Å². The van der Waals surface area contributed by atoms with Gasteiger partial charge in [-0.25, -0.2) is 13.2 Å². The molecule has 0 aliphatic heterocycles. The Balaban J connectivity index is 2.91. The van der Waals surface area contributed by atoms with Gasteiger partial charge in [0.1, 0.15) is 5.88 Å². The van der Waals surface area contributed by atoms with Gasteiger partial charge < -0.3 is 10.1 Å². The lowest BCUT2D eigenvalue weighted by Crippen LogP contribution is -2.15. The van der Waals surface area contributed by atoms with Gasteiger partial charge in [-0.2, -0.15) is 0 Å². The fraction of sp³-hybridized carbons (Fsp3) is 0.300. The van der Waals surface area contributed by atoms with Crippen LogP contribution in [0.25, 0.3) is 0 Å². The molecule has 6 heteroatoms. The second-order valence-electron chi connectivity index (χ2n) is 3.28. The molecule has 0 fully saturated rings. The Morgan fingerprint density at radius 2 is 2.00 bits per heavy atom. The molecular formula is C10H13NO4S. The van der Waals surface area contributed by atoms with Crippen LogP contribution in [0, 0.1) is 0 Å². The minimum atomic E-state index is -3.13. The molecule has 16 heavy (non-hydrogen) atoms. The monoisotopic (exact) mass is 243 g/mol. The van der Waals surface area contributed by atoms with Crippen molar-refractivity contribution in [3.8, 4) is 0 Å². The van der Waals surface area contributed by atoms with Gasteiger partial charge in [0.05, 0.1) is 12.7 Å². The number of rotatable bonds is 4. The van der Waals surface area contributed by atoms with E-state index >= 15 is 0 Å². The van der Waals surface area contributed by atoms with E-state index in [4.69, 9.17) is 0 Å². The third-order valence-corrected chi connectivity index (χ3v) is 2.53. The summed E-state index contributed by atoms with van der Waals surface area (Å²) in [7, 11) is -1.86. The smallest absolute Gasteiger partial charge is 0.339 e. The number of sulfone groups is 1. The molecule has 0 amide bonds. The molecule has 0 aromatic heterocycles. The van der Waals surface area contributed by atoms with Gasteiger partial charge in [-0.1, -0.05) is 12.1 Å². The molecule has 1 aromatic carbocycles. The van der Waals surface area contributed by atoms with E-state index in [0.29, 0.717) is 11.3 Å². The van der Waals surface area contributed by atoms with Crippen LogP contribution in [0.1, 0.15) is 10.4 Å². The van der Waals surface area contributed by atoms with Crippen molar-refractivity contribution in [3.05, 3.63) is 29.8 Å². The van der Waals surface area contributed by atoms with E-state index in [2.05, 4.69) is 10.1 Å². The lowest BCUT2D eigenvalue weighted by molar-refractivity contribution is 0.0602. The van der Waals surface area contributed by atoms with Gasteiger partial charge in [0, 0.05) is 11.9 Å². The van der Waals surface area contributed by atoms with Gasteiger partial charge in [-0.15, -0.1) is 0 Å². The molecule has 0 saturated carbocycles. The molecule has 0 bridgehead atoms. The van der Waals surface area contributed by atoms with Gasteiger partial charge in [0.25, 0.3) is 0 Å². The summed E-state index contributed by atoms with van der Waals surface area (Å²) in [6.45, 7) is 0. The zero-order valence-corrected chi connectivity index (χ0v) is 9.87. The zero-order chi connectivity index (χ0) is 12.2. The highest BCUT2D eigenvalue weighted by Crippen LogP contribution is 2.15. The van der Waals surface area contributed by atoms with Crippen molar-refractivity contribution in [1.29, 1.82) is 0 Å². The zero-order valence-electron chi connectivity index (χ0n) is 9.06. The number of anilines is 1. The quantitative estimate of drug-likeness (QED) is 0.795. The largest absolute Gasteiger partial charge is 0.465 e. The minimum Gasteiger partial charge on any atom is -0.465 e. The van der Waals surface area contributed by atoms with Crippen molar-refractivity contribution in [2.45, 2.75) is 0 Å². The van der Waals surface area contributed by atoms with Crippen LogP contribution in [-0.2, 0) is 14.6 Å². The van der Waals surface area contributed by atoms with Crippen molar-refractivity contribution in [2.24, 2.45) is 0 Å². The van der Waals surface area contributed by atoms with Gasteiger partial charge >= 0.3 is 5.97 Å². The molecule has 0 saturated heterocycles. The van der Waals surface area contributed by atoms with Crippen LogP contribution in [0.2, 0.25) is 0 Å². The van der Waals surface area contributed by atoms with E-state index in [1.54, 1.807) is 24.3 Å². The lowest BCUT2D eigenvalue weighted by atomic mass is 10.2. The fourth-order valence-electron chi connectivity index (χ4n) is 1.13. The summed E-state index contributed by atoms with van der Waals surface area (Å²) in [6.07, 6.45) is 1.11. The molecule has 1 rings (SSSR count). The van der Waals surface area contributed by atoms with Crippen molar-refractivity contribution >= 4 is 21.5 Å². The molecule has 0 aliphatic carbocycles. The highest BCUT2D eigenvalue weighted by atomic mass is 32.2. The summed E-state index contributed by atoms with van der Waals surface area (Å²) in [5.74, 6) is -0.724. The minimum absolute atomic E-state index is 0.221. The average Bonchev–Trinajstić information content (AvgIpc) is 2.25. The highest BCUT2D eigenvalue weighted by Gasteiger charge is 2.11.